The third-order valence-corrected chi connectivity index (χ3v) is 3.67. The molecule has 1 aliphatic carbocycles. The Hall–Kier alpha value is -2.30. The van der Waals surface area contributed by atoms with Gasteiger partial charge in [-0.25, -0.2) is 4.98 Å². The molecule has 0 bridgehead atoms. The second-order valence-corrected chi connectivity index (χ2v) is 7.23. The number of aromatic nitrogens is 2. The van der Waals surface area contributed by atoms with Crippen LogP contribution in [0.2, 0.25) is 0 Å². The van der Waals surface area contributed by atoms with E-state index in [1.807, 2.05) is 31.2 Å². The van der Waals surface area contributed by atoms with Crippen molar-refractivity contribution in [2.24, 2.45) is 0 Å². The van der Waals surface area contributed by atoms with Crippen molar-refractivity contribution in [3.05, 3.63) is 36.0 Å². The molecule has 0 atom stereocenters. The van der Waals surface area contributed by atoms with E-state index in [2.05, 4.69) is 47.4 Å². The molecule has 2 aromatic rings. The first kappa shape index (κ1) is 16.6. The van der Waals surface area contributed by atoms with E-state index in [1.165, 1.54) is 12.8 Å². The van der Waals surface area contributed by atoms with Crippen LogP contribution in [0.1, 0.15) is 52.1 Å². The molecule has 1 heterocycles. The minimum Gasteiger partial charge on any atom is -0.494 e. The van der Waals surface area contributed by atoms with Gasteiger partial charge in [-0.1, -0.05) is 0 Å². The Morgan fingerprint density at radius 1 is 1.12 bits per heavy atom. The first-order chi connectivity index (χ1) is 11.4. The molecule has 1 aromatic carbocycles. The summed E-state index contributed by atoms with van der Waals surface area (Å²) in [5.74, 6) is 2.96. The fourth-order valence-corrected chi connectivity index (χ4v) is 2.46. The van der Waals surface area contributed by atoms with Crippen molar-refractivity contribution in [2.75, 3.05) is 17.2 Å². The van der Waals surface area contributed by atoms with Crippen molar-refractivity contribution in [1.82, 2.24) is 9.97 Å². The number of ether oxygens (including phenoxy) is 1. The molecule has 1 aliphatic rings. The van der Waals surface area contributed by atoms with Crippen LogP contribution in [0.5, 0.6) is 5.75 Å². The first-order valence-corrected chi connectivity index (χ1v) is 8.60. The Labute approximate surface area is 143 Å². The zero-order valence-electron chi connectivity index (χ0n) is 14.9. The van der Waals surface area contributed by atoms with Crippen molar-refractivity contribution in [3.8, 4) is 5.75 Å². The molecule has 1 saturated carbocycles. The van der Waals surface area contributed by atoms with Crippen LogP contribution < -0.4 is 15.4 Å². The van der Waals surface area contributed by atoms with Gasteiger partial charge >= 0.3 is 0 Å². The molecule has 5 nitrogen and oxygen atoms in total. The lowest BCUT2D eigenvalue weighted by Crippen LogP contribution is -2.27. The molecule has 0 spiro atoms. The van der Waals surface area contributed by atoms with E-state index in [1.54, 1.807) is 0 Å². The maximum absolute atomic E-state index is 5.48. The van der Waals surface area contributed by atoms with E-state index < -0.39 is 0 Å². The predicted molar refractivity (Wildman–Crippen MR) is 98.3 cm³/mol. The molecule has 0 amide bonds. The summed E-state index contributed by atoms with van der Waals surface area (Å²) in [4.78, 5) is 9.30. The molecule has 1 aromatic heterocycles. The fourth-order valence-electron chi connectivity index (χ4n) is 2.46. The van der Waals surface area contributed by atoms with Gasteiger partial charge in [-0.15, -0.1) is 0 Å². The topological polar surface area (TPSA) is 59.1 Å². The summed E-state index contributed by atoms with van der Waals surface area (Å²) in [6, 6.07) is 9.98. The number of nitrogens with one attached hydrogen (secondary N) is 2. The minimum atomic E-state index is -0.0708. The molecule has 0 aliphatic heterocycles. The summed E-state index contributed by atoms with van der Waals surface area (Å²) < 4.78 is 5.48. The zero-order valence-corrected chi connectivity index (χ0v) is 14.9. The van der Waals surface area contributed by atoms with Gasteiger partial charge in [-0.2, -0.15) is 4.98 Å². The molecule has 2 N–H and O–H groups in total. The normalized spacial score (nSPS) is 14.3. The Kier molecular flexibility index (Phi) is 4.60. The molecule has 128 valence electrons. The first-order valence-electron chi connectivity index (χ1n) is 8.60. The van der Waals surface area contributed by atoms with Gasteiger partial charge in [0.25, 0.3) is 0 Å². The average Bonchev–Trinajstić information content (AvgIpc) is 3.32. The highest BCUT2D eigenvalue weighted by Crippen LogP contribution is 2.40. The smallest absolute Gasteiger partial charge is 0.225 e. The van der Waals surface area contributed by atoms with Gasteiger partial charge in [-0.05, 0) is 64.8 Å². The fraction of sp³-hybridized carbons (Fsp3) is 0.474. The SMILES string of the molecule is CCOc1ccc(Nc2cc(C3CC3)nc(NC(C)(C)C)n2)cc1. The van der Waals surface area contributed by atoms with E-state index in [0.29, 0.717) is 18.5 Å². The highest BCUT2D eigenvalue weighted by Gasteiger charge is 2.26. The number of anilines is 3. The van der Waals surface area contributed by atoms with Gasteiger partial charge in [0.05, 0.1) is 12.3 Å². The second-order valence-electron chi connectivity index (χ2n) is 7.23. The summed E-state index contributed by atoms with van der Waals surface area (Å²) in [6.07, 6.45) is 2.43. The lowest BCUT2D eigenvalue weighted by atomic mass is 10.1. The van der Waals surface area contributed by atoms with Gasteiger partial charge in [0, 0.05) is 23.2 Å². The number of nitrogens with zero attached hydrogens (tertiary/aromatic N) is 2. The van der Waals surface area contributed by atoms with E-state index >= 15 is 0 Å². The lowest BCUT2D eigenvalue weighted by molar-refractivity contribution is 0.340. The third-order valence-electron chi connectivity index (χ3n) is 3.67. The molecule has 0 unspecified atom stereocenters. The zero-order chi connectivity index (χ0) is 17.2. The van der Waals surface area contributed by atoms with Crippen molar-refractivity contribution in [3.63, 3.8) is 0 Å². The van der Waals surface area contributed by atoms with Gasteiger partial charge in [0.2, 0.25) is 5.95 Å². The number of rotatable bonds is 6. The molecule has 5 heteroatoms. The summed E-state index contributed by atoms with van der Waals surface area (Å²) in [5, 5.41) is 6.75. The summed E-state index contributed by atoms with van der Waals surface area (Å²) in [5.41, 5.74) is 2.03. The Morgan fingerprint density at radius 2 is 1.83 bits per heavy atom. The highest BCUT2D eigenvalue weighted by atomic mass is 16.5. The van der Waals surface area contributed by atoms with E-state index in [9.17, 15) is 0 Å². The van der Waals surface area contributed by atoms with Crippen LogP contribution in [-0.4, -0.2) is 22.1 Å². The number of hydrogen-bond acceptors (Lipinski definition) is 5. The molecular weight excluding hydrogens is 300 g/mol. The minimum absolute atomic E-state index is 0.0708. The molecular formula is C19H26N4O. The Morgan fingerprint density at radius 3 is 2.42 bits per heavy atom. The van der Waals surface area contributed by atoms with Crippen LogP contribution >= 0.6 is 0 Å². The summed E-state index contributed by atoms with van der Waals surface area (Å²) in [7, 11) is 0. The third kappa shape index (κ3) is 4.60. The molecule has 0 radical (unpaired) electrons. The lowest BCUT2D eigenvalue weighted by Gasteiger charge is -2.21. The van der Waals surface area contributed by atoms with Crippen LogP contribution in [0.4, 0.5) is 17.5 Å². The monoisotopic (exact) mass is 326 g/mol. The maximum atomic E-state index is 5.48. The van der Waals surface area contributed by atoms with E-state index in [-0.39, 0.29) is 5.54 Å². The number of benzene rings is 1. The van der Waals surface area contributed by atoms with Crippen LogP contribution in [0.15, 0.2) is 30.3 Å². The van der Waals surface area contributed by atoms with Gasteiger partial charge in [-0.3, -0.25) is 0 Å². The summed E-state index contributed by atoms with van der Waals surface area (Å²) >= 11 is 0. The Bertz CT molecular complexity index is 688. The van der Waals surface area contributed by atoms with E-state index in [0.717, 1.165) is 22.9 Å². The van der Waals surface area contributed by atoms with Crippen molar-refractivity contribution in [1.29, 1.82) is 0 Å². The Balaban J connectivity index is 1.80. The van der Waals surface area contributed by atoms with Crippen molar-refractivity contribution in [2.45, 2.75) is 52.0 Å². The number of hydrogen-bond donors (Lipinski definition) is 2. The largest absolute Gasteiger partial charge is 0.494 e. The molecule has 0 saturated heterocycles. The van der Waals surface area contributed by atoms with Gasteiger partial charge in [0.15, 0.2) is 0 Å². The van der Waals surface area contributed by atoms with Crippen LogP contribution in [0.25, 0.3) is 0 Å². The summed E-state index contributed by atoms with van der Waals surface area (Å²) in [6.45, 7) is 8.99. The maximum Gasteiger partial charge on any atom is 0.225 e. The predicted octanol–water partition coefficient (Wildman–Crippen LogP) is 4.71. The van der Waals surface area contributed by atoms with Crippen LogP contribution in [-0.2, 0) is 0 Å². The average molecular weight is 326 g/mol. The molecule has 1 fully saturated rings. The molecule has 24 heavy (non-hydrogen) atoms. The standard InChI is InChI=1S/C19H26N4O/c1-5-24-15-10-8-14(9-11-15)20-17-12-16(13-6-7-13)21-18(22-17)23-19(2,3)4/h8-13H,5-7H2,1-4H3,(H2,20,21,22,23). The van der Waals surface area contributed by atoms with Gasteiger partial charge < -0.3 is 15.4 Å². The highest BCUT2D eigenvalue weighted by molar-refractivity contribution is 5.59. The second kappa shape index (κ2) is 6.67. The quantitative estimate of drug-likeness (QED) is 0.805. The molecule has 3 rings (SSSR count). The van der Waals surface area contributed by atoms with Crippen molar-refractivity contribution >= 4 is 17.5 Å². The van der Waals surface area contributed by atoms with Crippen LogP contribution in [0, 0.1) is 0 Å². The van der Waals surface area contributed by atoms with E-state index in [4.69, 9.17) is 4.74 Å². The van der Waals surface area contributed by atoms with Gasteiger partial charge in [0.1, 0.15) is 11.6 Å². The van der Waals surface area contributed by atoms with Crippen LogP contribution in [0.3, 0.4) is 0 Å². The van der Waals surface area contributed by atoms with Crippen molar-refractivity contribution < 1.29 is 4.74 Å².